The van der Waals surface area contributed by atoms with E-state index in [0.29, 0.717) is 0 Å². The molecule has 0 unspecified atom stereocenters. The second kappa shape index (κ2) is 2.85. The van der Waals surface area contributed by atoms with Crippen LogP contribution in [-0.4, -0.2) is 17.4 Å². The lowest BCUT2D eigenvalue weighted by Gasteiger charge is -2.19. The number of hydrogen-bond acceptors (Lipinski definition) is 2. The first kappa shape index (κ1) is 7.16. The third-order valence-corrected chi connectivity index (χ3v) is 2.01. The fourth-order valence-corrected chi connectivity index (χ4v) is 1.47. The van der Waals surface area contributed by atoms with E-state index < -0.39 is 0 Å². The van der Waals surface area contributed by atoms with Crippen molar-refractivity contribution < 1.29 is 4.79 Å². The van der Waals surface area contributed by atoms with Crippen LogP contribution in [0.5, 0.6) is 0 Å². The number of carbonyl (C=O) groups excluding carboxylic acids is 1. The second-order valence-corrected chi connectivity index (χ2v) is 2.73. The van der Waals surface area contributed by atoms with Gasteiger partial charge in [-0.05, 0) is 12.1 Å². The lowest BCUT2D eigenvalue weighted by Crippen LogP contribution is -2.26. The van der Waals surface area contributed by atoms with Crippen molar-refractivity contribution in [1.82, 2.24) is 9.88 Å². The molecular weight excluding hydrogens is 152 g/mol. The minimum absolute atomic E-state index is 0.811. The van der Waals surface area contributed by atoms with Gasteiger partial charge in [-0.3, -0.25) is 4.79 Å². The molecule has 1 aromatic rings. The molecule has 0 spiro atoms. The summed E-state index contributed by atoms with van der Waals surface area (Å²) in [5, 5.41) is 3.17. The first-order chi connectivity index (χ1) is 5.92. The van der Waals surface area contributed by atoms with Crippen LogP contribution in [0.3, 0.4) is 0 Å². The van der Waals surface area contributed by atoms with Crippen molar-refractivity contribution in [3.8, 4) is 0 Å². The number of rotatable bonds is 1. The summed E-state index contributed by atoms with van der Waals surface area (Å²) in [5.41, 5.74) is 2.01. The van der Waals surface area contributed by atoms with Crippen LogP contribution in [0, 0.1) is 0 Å². The molecule has 12 heavy (non-hydrogen) atoms. The summed E-state index contributed by atoms with van der Waals surface area (Å²) in [6, 6.07) is 3.99. The highest BCUT2D eigenvalue weighted by molar-refractivity contribution is 5.80. The molecule has 2 heterocycles. The van der Waals surface area contributed by atoms with Crippen molar-refractivity contribution >= 4 is 12.0 Å². The van der Waals surface area contributed by atoms with Gasteiger partial charge in [-0.25, -0.2) is 0 Å². The normalized spacial score (nSPS) is 18.5. The van der Waals surface area contributed by atoms with E-state index in [2.05, 4.69) is 9.88 Å². The monoisotopic (exact) mass is 162 g/mol. The smallest absolute Gasteiger partial charge is 0.144 e. The van der Waals surface area contributed by atoms with Crippen molar-refractivity contribution in [1.29, 1.82) is 0 Å². The third kappa shape index (κ3) is 1.03. The van der Waals surface area contributed by atoms with E-state index in [1.807, 2.05) is 18.3 Å². The molecule has 0 aliphatic carbocycles. The standard InChI is InChI=1S/C9H10N2O/c12-7-3-8-9-2-1-5-11(9)6-4-10-8/h1-3,5,7,10H,4,6H2/b8-3-. The number of aromatic nitrogens is 1. The van der Waals surface area contributed by atoms with Gasteiger partial charge in [-0.2, -0.15) is 0 Å². The van der Waals surface area contributed by atoms with Gasteiger partial charge >= 0.3 is 0 Å². The Bertz CT molecular complexity index is 325. The molecule has 62 valence electrons. The number of allylic oxidation sites excluding steroid dienone is 1. The van der Waals surface area contributed by atoms with Gasteiger partial charge in [-0.1, -0.05) is 0 Å². The highest BCUT2D eigenvalue weighted by atomic mass is 16.1. The van der Waals surface area contributed by atoms with Crippen LogP contribution < -0.4 is 5.32 Å². The quantitative estimate of drug-likeness (QED) is 0.485. The molecule has 1 N–H and O–H groups in total. The molecule has 2 rings (SSSR count). The number of carbonyl (C=O) groups is 1. The average molecular weight is 162 g/mol. The summed E-state index contributed by atoms with van der Waals surface area (Å²) in [7, 11) is 0. The maximum Gasteiger partial charge on any atom is 0.144 e. The molecule has 1 aliphatic rings. The van der Waals surface area contributed by atoms with Crippen LogP contribution in [0.25, 0.3) is 5.70 Å². The van der Waals surface area contributed by atoms with E-state index in [-0.39, 0.29) is 0 Å². The zero-order valence-electron chi connectivity index (χ0n) is 6.66. The van der Waals surface area contributed by atoms with Gasteiger partial charge < -0.3 is 9.88 Å². The predicted molar refractivity (Wildman–Crippen MR) is 46.5 cm³/mol. The third-order valence-electron chi connectivity index (χ3n) is 2.01. The number of nitrogens with zero attached hydrogens (tertiary/aromatic N) is 1. The fraction of sp³-hybridized carbons (Fsp3) is 0.222. The molecule has 0 aromatic carbocycles. The van der Waals surface area contributed by atoms with Gasteiger partial charge in [0, 0.05) is 25.4 Å². The molecule has 0 saturated carbocycles. The van der Waals surface area contributed by atoms with Crippen molar-refractivity contribution in [2.24, 2.45) is 0 Å². The zero-order chi connectivity index (χ0) is 8.39. The van der Waals surface area contributed by atoms with Crippen molar-refractivity contribution in [2.75, 3.05) is 6.54 Å². The molecule has 0 bridgehead atoms. The van der Waals surface area contributed by atoms with E-state index in [0.717, 1.165) is 30.8 Å². The van der Waals surface area contributed by atoms with Crippen LogP contribution in [0.15, 0.2) is 24.4 Å². The Morgan fingerprint density at radius 2 is 2.50 bits per heavy atom. The molecule has 0 saturated heterocycles. The Labute approximate surface area is 70.7 Å². The van der Waals surface area contributed by atoms with Crippen molar-refractivity contribution in [3.05, 3.63) is 30.1 Å². The molecule has 3 heteroatoms. The summed E-state index contributed by atoms with van der Waals surface area (Å²) >= 11 is 0. The topological polar surface area (TPSA) is 34.0 Å². The van der Waals surface area contributed by atoms with E-state index in [4.69, 9.17) is 0 Å². The van der Waals surface area contributed by atoms with E-state index >= 15 is 0 Å². The van der Waals surface area contributed by atoms with Crippen LogP contribution in [0.4, 0.5) is 0 Å². The van der Waals surface area contributed by atoms with E-state index in [1.165, 1.54) is 0 Å². The predicted octanol–water partition coefficient (Wildman–Crippen LogP) is 0.631. The summed E-state index contributed by atoms with van der Waals surface area (Å²) < 4.78 is 2.13. The highest BCUT2D eigenvalue weighted by Gasteiger charge is 2.10. The van der Waals surface area contributed by atoms with E-state index in [1.54, 1.807) is 6.08 Å². The Balaban J connectivity index is 2.44. The van der Waals surface area contributed by atoms with Gasteiger partial charge in [0.15, 0.2) is 0 Å². The summed E-state index contributed by atoms with van der Waals surface area (Å²) in [4.78, 5) is 10.3. The van der Waals surface area contributed by atoms with Gasteiger partial charge in [0.1, 0.15) is 6.29 Å². The number of aldehydes is 1. The van der Waals surface area contributed by atoms with Gasteiger partial charge in [-0.15, -0.1) is 0 Å². The lowest BCUT2D eigenvalue weighted by atomic mass is 10.2. The molecule has 0 amide bonds. The number of fused-ring (bicyclic) bond motifs is 1. The molecule has 0 atom stereocenters. The minimum atomic E-state index is 0.811. The maximum absolute atomic E-state index is 10.3. The summed E-state index contributed by atoms with van der Waals surface area (Å²) in [6.45, 7) is 1.86. The molecule has 0 radical (unpaired) electrons. The van der Waals surface area contributed by atoms with E-state index in [9.17, 15) is 4.79 Å². The van der Waals surface area contributed by atoms with Gasteiger partial charge in [0.2, 0.25) is 0 Å². The van der Waals surface area contributed by atoms with Crippen molar-refractivity contribution in [2.45, 2.75) is 6.54 Å². The first-order valence-electron chi connectivity index (χ1n) is 3.96. The van der Waals surface area contributed by atoms with Crippen LogP contribution >= 0.6 is 0 Å². The minimum Gasteiger partial charge on any atom is -0.381 e. The first-order valence-corrected chi connectivity index (χ1v) is 3.96. The van der Waals surface area contributed by atoms with Crippen LogP contribution in [-0.2, 0) is 11.3 Å². The zero-order valence-corrected chi connectivity index (χ0v) is 6.66. The lowest BCUT2D eigenvalue weighted by molar-refractivity contribution is -0.104. The largest absolute Gasteiger partial charge is 0.381 e. The second-order valence-electron chi connectivity index (χ2n) is 2.73. The molecule has 1 aliphatic heterocycles. The summed E-state index contributed by atoms with van der Waals surface area (Å²) in [6.07, 6.45) is 4.39. The Morgan fingerprint density at radius 1 is 1.58 bits per heavy atom. The highest BCUT2D eigenvalue weighted by Crippen LogP contribution is 2.15. The molecule has 3 nitrogen and oxygen atoms in total. The Hall–Kier alpha value is -1.51. The SMILES string of the molecule is O=C/C=C1\NCCn2cccc21. The number of nitrogens with one attached hydrogen (secondary N) is 1. The fourth-order valence-electron chi connectivity index (χ4n) is 1.47. The van der Waals surface area contributed by atoms with Crippen LogP contribution in [0.1, 0.15) is 5.69 Å². The molecular formula is C9H10N2O. The van der Waals surface area contributed by atoms with Crippen LogP contribution in [0.2, 0.25) is 0 Å². The maximum atomic E-state index is 10.3. The Morgan fingerprint density at radius 3 is 3.33 bits per heavy atom. The summed E-state index contributed by atoms with van der Waals surface area (Å²) in [5.74, 6) is 0. The molecule has 1 aromatic heterocycles. The molecule has 0 fully saturated rings. The van der Waals surface area contributed by atoms with Gasteiger partial charge in [0.25, 0.3) is 0 Å². The van der Waals surface area contributed by atoms with Crippen molar-refractivity contribution in [3.63, 3.8) is 0 Å². The number of hydrogen-bond donors (Lipinski definition) is 1. The van der Waals surface area contributed by atoms with Gasteiger partial charge in [0.05, 0.1) is 11.4 Å². The Kier molecular flexibility index (Phi) is 1.70. The average Bonchev–Trinajstić information content (AvgIpc) is 2.53.